The van der Waals surface area contributed by atoms with Gasteiger partial charge in [-0.05, 0) is 75.1 Å². The van der Waals surface area contributed by atoms with E-state index in [-0.39, 0.29) is 42.4 Å². The lowest BCUT2D eigenvalue weighted by Gasteiger charge is -2.35. The molecule has 0 spiro atoms. The Balaban J connectivity index is 1.50. The molecule has 2 aliphatic rings. The fraction of sp³-hybridized carbons (Fsp3) is 0.692. The Morgan fingerprint density at radius 2 is 1.49 bits per heavy atom. The van der Waals surface area contributed by atoms with Crippen LogP contribution in [-0.4, -0.2) is 61.5 Å². The van der Waals surface area contributed by atoms with E-state index in [1.807, 2.05) is 0 Å². The van der Waals surface area contributed by atoms with Crippen LogP contribution in [0.15, 0.2) is 18.2 Å². The van der Waals surface area contributed by atoms with E-state index in [4.69, 9.17) is 0 Å². The SMILES string of the molecule is C/P=C(\NCC1CCN(CCNC(=O)C2(C(C)(F)F)CCCC2)CC1)c1cc(C(F)(F)F)cc(C(F)(F)F)c1. The van der Waals surface area contributed by atoms with Crippen LogP contribution in [0.25, 0.3) is 0 Å². The van der Waals surface area contributed by atoms with Crippen molar-refractivity contribution >= 4 is 19.5 Å². The molecule has 13 heteroatoms. The topological polar surface area (TPSA) is 44.4 Å². The van der Waals surface area contributed by atoms with Crippen LogP contribution < -0.4 is 10.6 Å². The minimum atomic E-state index is -4.91. The van der Waals surface area contributed by atoms with Crippen LogP contribution in [-0.2, 0) is 17.1 Å². The van der Waals surface area contributed by atoms with Crippen molar-refractivity contribution in [1.29, 1.82) is 0 Å². The van der Waals surface area contributed by atoms with Crippen LogP contribution in [0.2, 0.25) is 0 Å². The largest absolute Gasteiger partial charge is 0.416 e. The van der Waals surface area contributed by atoms with E-state index in [2.05, 4.69) is 15.5 Å². The van der Waals surface area contributed by atoms with Gasteiger partial charge in [-0.1, -0.05) is 21.0 Å². The first kappa shape index (κ1) is 31.7. The van der Waals surface area contributed by atoms with Gasteiger partial charge in [0.05, 0.1) is 11.1 Å². The van der Waals surface area contributed by atoms with Crippen molar-refractivity contribution in [3.63, 3.8) is 0 Å². The van der Waals surface area contributed by atoms with E-state index < -0.39 is 40.7 Å². The van der Waals surface area contributed by atoms with Gasteiger partial charge in [-0.2, -0.15) is 26.3 Å². The average molecular weight is 588 g/mol. The second kappa shape index (κ2) is 12.4. The van der Waals surface area contributed by atoms with Crippen LogP contribution in [0.5, 0.6) is 0 Å². The predicted molar refractivity (Wildman–Crippen MR) is 135 cm³/mol. The molecule has 0 unspecified atom stereocenters. The van der Waals surface area contributed by atoms with Crippen molar-refractivity contribution in [3.8, 4) is 0 Å². The normalized spacial score (nSPS) is 19.9. The van der Waals surface area contributed by atoms with E-state index in [0.717, 1.165) is 31.9 Å². The maximum atomic E-state index is 14.2. The molecule has 4 nitrogen and oxygen atoms in total. The number of likely N-dealkylation sites (tertiary alicyclic amines) is 1. The molecule has 1 aromatic rings. The lowest BCUT2D eigenvalue weighted by molar-refractivity contribution is -0.157. The van der Waals surface area contributed by atoms with E-state index in [9.17, 15) is 39.9 Å². The summed E-state index contributed by atoms with van der Waals surface area (Å²) in [5.41, 5.74) is -4.20. The second-order valence-corrected chi connectivity index (χ2v) is 11.4. The molecule has 0 atom stereocenters. The molecule has 2 N–H and O–H groups in total. The first-order valence-corrected chi connectivity index (χ1v) is 14.3. The lowest BCUT2D eigenvalue weighted by atomic mass is 9.79. The molecule has 220 valence electrons. The van der Waals surface area contributed by atoms with Crippen LogP contribution in [0.4, 0.5) is 35.1 Å². The smallest absolute Gasteiger partial charge is 0.354 e. The number of benzene rings is 1. The first-order valence-electron chi connectivity index (χ1n) is 13.0. The molecule has 1 aliphatic carbocycles. The van der Waals surface area contributed by atoms with E-state index >= 15 is 0 Å². The number of hydrogen-bond acceptors (Lipinski definition) is 2. The third-order valence-corrected chi connectivity index (χ3v) is 8.66. The Kier molecular flexibility index (Phi) is 10.1. The Morgan fingerprint density at radius 3 is 1.95 bits per heavy atom. The first-order chi connectivity index (χ1) is 18.1. The summed E-state index contributed by atoms with van der Waals surface area (Å²) in [5.74, 6) is -3.53. The van der Waals surface area contributed by atoms with Gasteiger partial charge in [0, 0.05) is 32.0 Å². The molecule has 0 bridgehead atoms. The number of nitrogens with one attached hydrogen (secondary N) is 2. The highest BCUT2D eigenvalue weighted by Crippen LogP contribution is 2.49. The van der Waals surface area contributed by atoms with Crippen LogP contribution in [0.3, 0.4) is 0 Å². The number of hydrogen-bond donors (Lipinski definition) is 2. The summed E-state index contributed by atoms with van der Waals surface area (Å²) in [4.78, 5) is 14.7. The third-order valence-electron chi connectivity index (χ3n) is 7.80. The van der Waals surface area contributed by atoms with Crippen LogP contribution in [0.1, 0.15) is 62.1 Å². The zero-order chi connectivity index (χ0) is 29.1. The minimum Gasteiger partial charge on any atom is -0.354 e. The van der Waals surface area contributed by atoms with Gasteiger partial charge in [0.15, 0.2) is 0 Å². The molecule has 1 heterocycles. The fourth-order valence-electron chi connectivity index (χ4n) is 5.40. The van der Waals surface area contributed by atoms with Gasteiger partial charge in [-0.15, -0.1) is 0 Å². The van der Waals surface area contributed by atoms with Crippen molar-refractivity contribution in [2.45, 2.75) is 63.7 Å². The van der Waals surface area contributed by atoms with Crippen molar-refractivity contribution in [2.24, 2.45) is 11.3 Å². The van der Waals surface area contributed by atoms with Gasteiger partial charge in [0.25, 0.3) is 5.92 Å². The number of nitrogens with zero attached hydrogens (tertiary/aromatic N) is 1. The lowest BCUT2D eigenvalue weighted by Crippen LogP contribution is -2.51. The Hall–Kier alpha value is -1.78. The molecular formula is C26H34F8N3OP. The quantitative estimate of drug-likeness (QED) is 0.259. The number of amides is 1. The van der Waals surface area contributed by atoms with Gasteiger partial charge < -0.3 is 10.2 Å². The van der Waals surface area contributed by atoms with E-state index in [0.29, 0.717) is 47.2 Å². The van der Waals surface area contributed by atoms with Gasteiger partial charge in [-0.3, -0.25) is 10.1 Å². The molecule has 1 aromatic carbocycles. The number of carbonyl (C=O) groups is 1. The number of rotatable bonds is 9. The Morgan fingerprint density at radius 1 is 0.949 bits per heavy atom. The summed E-state index contributed by atoms with van der Waals surface area (Å²) in [6.45, 7) is 4.95. The maximum absolute atomic E-state index is 14.2. The highest BCUT2D eigenvalue weighted by molar-refractivity contribution is 7.40. The molecular weight excluding hydrogens is 553 g/mol. The Labute approximate surface area is 224 Å². The maximum Gasteiger partial charge on any atom is 0.416 e. The second-order valence-electron chi connectivity index (χ2n) is 10.5. The fourth-order valence-corrected chi connectivity index (χ4v) is 6.03. The molecule has 0 aromatic heterocycles. The Bertz CT molecular complexity index is 989. The molecule has 0 radical (unpaired) electrons. The summed E-state index contributed by atoms with van der Waals surface area (Å²) < 4.78 is 108. The monoisotopic (exact) mass is 587 g/mol. The number of carbonyl (C=O) groups excluding carboxylic acids is 1. The average Bonchev–Trinajstić information content (AvgIpc) is 3.36. The van der Waals surface area contributed by atoms with E-state index in [1.165, 1.54) is 0 Å². The molecule has 2 fully saturated rings. The van der Waals surface area contributed by atoms with Gasteiger partial charge in [0.2, 0.25) is 5.91 Å². The highest BCUT2D eigenvalue weighted by Gasteiger charge is 2.56. The predicted octanol–water partition coefficient (Wildman–Crippen LogP) is 6.41. The number of piperidine rings is 1. The molecule has 1 saturated heterocycles. The molecule has 1 saturated carbocycles. The molecule has 1 aliphatic heterocycles. The summed E-state index contributed by atoms with van der Waals surface area (Å²) in [5, 5.41) is 5.75. The van der Waals surface area contributed by atoms with Crippen LogP contribution >= 0.6 is 8.20 Å². The zero-order valence-electron chi connectivity index (χ0n) is 21.9. The van der Waals surface area contributed by atoms with Crippen molar-refractivity contribution < 1.29 is 39.9 Å². The molecule has 39 heavy (non-hydrogen) atoms. The molecule has 3 rings (SSSR count). The standard InChI is InChI=1S/C26H34F8N3OP/c1-23(27,28)24(7-3-4-8-24)22(38)35-9-12-37-10-5-17(6-11-37)16-36-21(39-2)18-13-19(25(29,30)31)15-20(14-18)26(32,33)34/h13-15,17,36H,3-12,16H2,1-2H3,(H,35,38). The molecule has 1 amide bonds. The third kappa shape index (κ3) is 7.91. The number of alkyl halides is 8. The summed E-state index contributed by atoms with van der Waals surface area (Å²) in [7, 11) is 0.502. The summed E-state index contributed by atoms with van der Waals surface area (Å²) in [6, 6.07) is 1.58. The van der Waals surface area contributed by atoms with E-state index in [1.54, 1.807) is 6.66 Å². The zero-order valence-corrected chi connectivity index (χ0v) is 22.8. The minimum absolute atomic E-state index is 0.118. The number of halogens is 8. The highest BCUT2D eigenvalue weighted by atomic mass is 31.1. The summed E-state index contributed by atoms with van der Waals surface area (Å²) >= 11 is 0. The van der Waals surface area contributed by atoms with Crippen molar-refractivity contribution in [1.82, 2.24) is 15.5 Å². The van der Waals surface area contributed by atoms with Crippen molar-refractivity contribution in [2.75, 3.05) is 39.4 Å². The van der Waals surface area contributed by atoms with Crippen LogP contribution in [0, 0.1) is 11.3 Å². The van der Waals surface area contributed by atoms with Gasteiger partial charge in [0.1, 0.15) is 5.41 Å². The summed E-state index contributed by atoms with van der Waals surface area (Å²) in [6.07, 6.45) is -6.78. The van der Waals surface area contributed by atoms with Gasteiger partial charge >= 0.3 is 12.4 Å². The van der Waals surface area contributed by atoms with Crippen molar-refractivity contribution in [3.05, 3.63) is 34.9 Å². The van der Waals surface area contributed by atoms with Gasteiger partial charge in [-0.25, -0.2) is 8.78 Å².